The van der Waals surface area contributed by atoms with Gasteiger partial charge in [0.1, 0.15) is 23.0 Å². The van der Waals surface area contributed by atoms with Gasteiger partial charge in [-0.25, -0.2) is 19.6 Å². The summed E-state index contributed by atoms with van der Waals surface area (Å²) >= 11 is 5.85. The monoisotopic (exact) mass is 312 g/mol. The molecule has 110 valence electrons. The fourth-order valence-corrected chi connectivity index (χ4v) is 1.82. The van der Waals surface area contributed by atoms with E-state index in [1.165, 1.54) is 25.1 Å². The van der Waals surface area contributed by atoms with Crippen LogP contribution < -0.4 is 16.6 Å². The van der Waals surface area contributed by atoms with Gasteiger partial charge in [0.2, 0.25) is 0 Å². The summed E-state index contributed by atoms with van der Waals surface area (Å²) in [4.78, 5) is 15.9. The van der Waals surface area contributed by atoms with Crippen LogP contribution in [0.2, 0.25) is 5.02 Å². The summed E-state index contributed by atoms with van der Waals surface area (Å²) in [7, 11) is 0. The van der Waals surface area contributed by atoms with E-state index in [2.05, 4.69) is 15.7 Å². The molecule has 0 saturated carbocycles. The second-order valence-corrected chi connectivity index (χ2v) is 4.59. The molecule has 0 atom stereocenters. The third-order valence-electron chi connectivity index (χ3n) is 2.73. The average Bonchev–Trinajstić information content (AvgIpc) is 2.48. The highest BCUT2D eigenvalue weighted by atomic mass is 35.5. The second-order valence-electron chi connectivity index (χ2n) is 4.18. The maximum absolute atomic E-state index is 13.8. The number of amides is 1. The molecule has 5 nitrogen and oxygen atoms in total. The van der Waals surface area contributed by atoms with Gasteiger partial charge < -0.3 is 10.7 Å². The van der Waals surface area contributed by atoms with Crippen molar-refractivity contribution in [3.05, 3.63) is 52.2 Å². The fraction of sp³-hybridized carbons (Fsp3) is 0.0769. The lowest BCUT2D eigenvalue weighted by molar-refractivity contribution is 0.102. The lowest BCUT2D eigenvalue weighted by Crippen LogP contribution is -2.18. The van der Waals surface area contributed by atoms with Crippen molar-refractivity contribution in [2.45, 2.75) is 6.92 Å². The third kappa shape index (κ3) is 3.09. The molecule has 0 spiro atoms. The Kier molecular flexibility index (Phi) is 4.35. The molecule has 0 bridgehead atoms. The van der Waals surface area contributed by atoms with Gasteiger partial charge in [-0.15, -0.1) is 0 Å². The number of nitrogen functional groups attached to an aromatic ring is 1. The first-order valence-electron chi connectivity index (χ1n) is 5.83. The van der Waals surface area contributed by atoms with Crippen LogP contribution in [0.15, 0.2) is 24.3 Å². The predicted molar refractivity (Wildman–Crippen MR) is 76.1 cm³/mol. The number of halogens is 3. The first-order valence-corrected chi connectivity index (χ1v) is 6.21. The van der Waals surface area contributed by atoms with E-state index >= 15 is 0 Å². The molecular weight excluding hydrogens is 302 g/mol. The quantitative estimate of drug-likeness (QED) is 0.601. The number of hydrazine groups is 1. The van der Waals surface area contributed by atoms with Crippen molar-refractivity contribution >= 4 is 29.0 Å². The van der Waals surface area contributed by atoms with Crippen LogP contribution in [0.4, 0.5) is 20.3 Å². The third-order valence-corrected chi connectivity index (χ3v) is 3.04. The molecule has 4 N–H and O–H groups in total. The number of aromatic nitrogens is 1. The van der Waals surface area contributed by atoms with Crippen LogP contribution in [0, 0.1) is 18.6 Å². The van der Waals surface area contributed by atoms with Crippen molar-refractivity contribution in [3.8, 4) is 0 Å². The summed E-state index contributed by atoms with van der Waals surface area (Å²) in [6.07, 6.45) is 0. The lowest BCUT2D eigenvalue weighted by atomic mass is 10.2. The van der Waals surface area contributed by atoms with Crippen molar-refractivity contribution in [2.24, 2.45) is 5.84 Å². The zero-order valence-electron chi connectivity index (χ0n) is 10.9. The van der Waals surface area contributed by atoms with Crippen molar-refractivity contribution < 1.29 is 13.6 Å². The molecule has 0 aliphatic heterocycles. The van der Waals surface area contributed by atoms with Gasteiger partial charge in [-0.3, -0.25) is 4.79 Å². The van der Waals surface area contributed by atoms with Gasteiger partial charge in [-0.2, -0.15) is 0 Å². The molecule has 2 rings (SSSR count). The lowest BCUT2D eigenvalue weighted by Gasteiger charge is -2.10. The standard InChI is InChI=1S/C13H11ClF2N4O/c1-6-2-4-8(15)12(10(6)16)19-13(21)11-7(14)3-5-9(18-11)20-17/h2-5H,17H2,1H3,(H,18,20)(H,19,21). The summed E-state index contributed by atoms with van der Waals surface area (Å²) < 4.78 is 27.5. The topological polar surface area (TPSA) is 80.0 Å². The smallest absolute Gasteiger partial charge is 0.276 e. The first-order chi connectivity index (χ1) is 9.93. The molecule has 0 fully saturated rings. The van der Waals surface area contributed by atoms with Crippen LogP contribution >= 0.6 is 11.6 Å². The Balaban J connectivity index is 2.37. The summed E-state index contributed by atoms with van der Waals surface area (Å²) in [6, 6.07) is 5.17. The number of pyridine rings is 1. The zero-order valence-corrected chi connectivity index (χ0v) is 11.6. The molecule has 0 radical (unpaired) electrons. The average molecular weight is 313 g/mol. The zero-order chi connectivity index (χ0) is 15.6. The molecule has 21 heavy (non-hydrogen) atoms. The maximum Gasteiger partial charge on any atom is 0.276 e. The molecule has 1 amide bonds. The molecule has 1 heterocycles. The molecule has 2 aromatic rings. The van der Waals surface area contributed by atoms with Gasteiger partial charge in [-0.05, 0) is 30.7 Å². The highest BCUT2D eigenvalue weighted by Crippen LogP contribution is 2.23. The van der Waals surface area contributed by atoms with Crippen LogP contribution in [-0.4, -0.2) is 10.9 Å². The normalized spacial score (nSPS) is 10.3. The Bertz CT molecular complexity index is 709. The van der Waals surface area contributed by atoms with Gasteiger partial charge in [-0.1, -0.05) is 17.7 Å². The number of hydrogen-bond acceptors (Lipinski definition) is 4. The first kappa shape index (κ1) is 15.1. The van der Waals surface area contributed by atoms with Gasteiger partial charge in [0, 0.05) is 0 Å². The van der Waals surface area contributed by atoms with Crippen molar-refractivity contribution in [3.63, 3.8) is 0 Å². The minimum Gasteiger partial charge on any atom is -0.316 e. The minimum atomic E-state index is -0.893. The van der Waals surface area contributed by atoms with E-state index in [-0.39, 0.29) is 22.1 Å². The summed E-state index contributed by atoms with van der Waals surface area (Å²) in [5, 5.41) is 2.15. The molecule has 1 aromatic carbocycles. The van der Waals surface area contributed by atoms with Crippen LogP contribution in [0.3, 0.4) is 0 Å². The van der Waals surface area contributed by atoms with Gasteiger partial charge in [0.25, 0.3) is 5.91 Å². The molecule has 1 aromatic heterocycles. The number of carbonyl (C=O) groups is 1. The van der Waals surface area contributed by atoms with E-state index < -0.39 is 23.2 Å². The number of nitrogens with two attached hydrogens (primary N) is 1. The van der Waals surface area contributed by atoms with Crippen LogP contribution in [0.1, 0.15) is 16.1 Å². The number of nitrogens with one attached hydrogen (secondary N) is 2. The summed E-state index contributed by atoms with van der Waals surface area (Å²) in [6.45, 7) is 1.45. The molecule has 0 aliphatic carbocycles. The maximum atomic E-state index is 13.8. The number of carbonyl (C=O) groups excluding carboxylic acids is 1. The van der Waals surface area contributed by atoms with Gasteiger partial charge in [0.15, 0.2) is 5.82 Å². The molecule has 0 aliphatic rings. The van der Waals surface area contributed by atoms with E-state index in [0.29, 0.717) is 0 Å². The number of benzene rings is 1. The van der Waals surface area contributed by atoms with E-state index in [4.69, 9.17) is 17.4 Å². The van der Waals surface area contributed by atoms with Gasteiger partial charge >= 0.3 is 0 Å². The Morgan fingerprint density at radius 1 is 1.29 bits per heavy atom. The van der Waals surface area contributed by atoms with E-state index in [1.807, 2.05) is 0 Å². The van der Waals surface area contributed by atoms with Crippen molar-refractivity contribution in [1.29, 1.82) is 0 Å². The van der Waals surface area contributed by atoms with Crippen molar-refractivity contribution in [2.75, 3.05) is 10.7 Å². The fourth-order valence-electron chi connectivity index (χ4n) is 1.63. The Hall–Kier alpha value is -2.25. The Labute approximate surface area is 124 Å². The van der Waals surface area contributed by atoms with Gasteiger partial charge in [0.05, 0.1) is 5.02 Å². The Morgan fingerprint density at radius 3 is 2.67 bits per heavy atom. The largest absolute Gasteiger partial charge is 0.316 e. The van der Waals surface area contributed by atoms with Crippen LogP contribution in [-0.2, 0) is 0 Å². The van der Waals surface area contributed by atoms with E-state index in [0.717, 1.165) is 6.07 Å². The Morgan fingerprint density at radius 2 is 2.00 bits per heavy atom. The molecular formula is C13H11ClF2N4O. The number of anilines is 2. The van der Waals surface area contributed by atoms with Crippen LogP contribution in [0.25, 0.3) is 0 Å². The molecule has 8 heteroatoms. The SMILES string of the molecule is Cc1ccc(F)c(NC(=O)c2nc(NN)ccc2Cl)c1F. The summed E-state index contributed by atoms with van der Waals surface area (Å²) in [5.74, 6) is 2.78. The predicted octanol–water partition coefficient (Wildman–Crippen LogP) is 2.86. The molecule has 0 saturated heterocycles. The van der Waals surface area contributed by atoms with E-state index in [1.54, 1.807) is 0 Å². The van der Waals surface area contributed by atoms with E-state index in [9.17, 15) is 13.6 Å². The number of rotatable bonds is 3. The van der Waals surface area contributed by atoms with Crippen LogP contribution in [0.5, 0.6) is 0 Å². The number of aryl methyl sites for hydroxylation is 1. The van der Waals surface area contributed by atoms with Crippen molar-refractivity contribution in [1.82, 2.24) is 4.98 Å². The summed E-state index contributed by atoms with van der Waals surface area (Å²) in [5.41, 5.74) is 1.69. The number of nitrogens with zero attached hydrogens (tertiary/aromatic N) is 1. The highest BCUT2D eigenvalue weighted by molar-refractivity contribution is 6.34. The minimum absolute atomic E-state index is 0.0277. The number of hydrogen-bond donors (Lipinski definition) is 3. The molecule has 0 unspecified atom stereocenters. The highest BCUT2D eigenvalue weighted by Gasteiger charge is 2.18. The second kappa shape index (κ2) is 6.02.